The molecule has 0 aliphatic heterocycles. The van der Waals surface area contributed by atoms with Crippen LogP contribution in [0.25, 0.3) is 0 Å². The van der Waals surface area contributed by atoms with E-state index >= 15 is 0 Å². The second-order valence-electron chi connectivity index (χ2n) is 3.84. The Balaban J connectivity index is 2.31. The Morgan fingerprint density at radius 2 is 1.89 bits per heavy atom. The smallest absolute Gasteiger partial charge is 0.259 e. The third kappa shape index (κ3) is 3.22. The number of carbonyl (C=O) groups excluding carboxylic acids is 1. The molecule has 0 heterocycles. The van der Waals surface area contributed by atoms with Crippen LogP contribution in [-0.2, 0) is 5.33 Å². The van der Waals surface area contributed by atoms with Gasteiger partial charge in [0.05, 0.1) is 5.56 Å². The van der Waals surface area contributed by atoms with Crippen LogP contribution in [-0.4, -0.2) is 5.91 Å². The molecular weight excluding hydrogens is 377 g/mol. The maximum atomic E-state index is 13.7. The molecule has 19 heavy (non-hydrogen) atoms. The summed E-state index contributed by atoms with van der Waals surface area (Å²) in [5, 5.41) is 3.33. The fourth-order valence-electron chi connectivity index (χ4n) is 1.66. The van der Waals surface area contributed by atoms with Crippen molar-refractivity contribution >= 4 is 43.5 Å². The quantitative estimate of drug-likeness (QED) is 0.758. The number of carbonyl (C=O) groups is 1. The monoisotopic (exact) mass is 385 g/mol. The molecule has 5 heteroatoms. The normalized spacial score (nSPS) is 10.3. The van der Waals surface area contributed by atoms with E-state index in [4.69, 9.17) is 0 Å². The van der Waals surface area contributed by atoms with Crippen LogP contribution in [0, 0.1) is 5.82 Å². The Kier molecular flexibility index (Phi) is 4.71. The van der Waals surface area contributed by atoms with Gasteiger partial charge in [0, 0.05) is 15.5 Å². The molecule has 0 aliphatic carbocycles. The minimum atomic E-state index is -0.553. The molecule has 0 saturated heterocycles. The molecule has 98 valence electrons. The minimum absolute atomic E-state index is 0.00637. The third-order valence-electron chi connectivity index (χ3n) is 2.60. The first kappa shape index (κ1) is 14.2. The van der Waals surface area contributed by atoms with E-state index < -0.39 is 11.7 Å². The first-order valence-corrected chi connectivity index (χ1v) is 7.44. The van der Waals surface area contributed by atoms with Gasteiger partial charge in [-0.15, -0.1) is 0 Å². The number of halogens is 3. The van der Waals surface area contributed by atoms with Gasteiger partial charge in [0.1, 0.15) is 5.82 Å². The van der Waals surface area contributed by atoms with E-state index in [-0.39, 0.29) is 5.56 Å². The first-order valence-electron chi connectivity index (χ1n) is 5.52. The van der Waals surface area contributed by atoms with Crippen LogP contribution in [0.2, 0.25) is 0 Å². The van der Waals surface area contributed by atoms with Gasteiger partial charge in [-0.2, -0.15) is 0 Å². The van der Waals surface area contributed by atoms with Gasteiger partial charge in [0.2, 0.25) is 0 Å². The highest BCUT2D eigenvalue weighted by atomic mass is 79.9. The number of hydrogen-bond donors (Lipinski definition) is 1. The van der Waals surface area contributed by atoms with Gasteiger partial charge in [-0.1, -0.05) is 40.2 Å². The zero-order valence-electron chi connectivity index (χ0n) is 9.79. The average Bonchev–Trinajstić information content (AvgIpc) is 2.39. The van der Waals surface area contributed by atoms with E-state index in [9.17, 15) is 9.18 Å². The third-order valence-corrected chi connectivity index (χ3v) is 3.86. The summed E-state index contributed by atoms with van der Waals surface area (Å²) in [6, 6.07) is 11.8. The summed E-state index contributed by atoms with van der Waals surface area (Å²) in [7, 11) is 0. The predicted molar refractivity (Wildman–Crippen MR) is 81.1 cm³/mol. The van der Waals surface area contributed by atoms with Crippen LogP contribution in [0.1, 0.15) is 15.9 Å². The zero-order chi connectivity index (χ0) is 13.8. The lowest BCUT2D eigenvalue weighted by Gasteiger charge is -2.10. The summed E-state index contributed by atoms with van der Waals surface area (Å²) < 4.78 is 14.1. The molecule has 2 aromatic carbocycles. The summed E-state index contributed by atoms with van der Waals surface area (Å²) >= 11 is 6.54. The standard InChI is InChI=1S/C14H10Br2FNO/c15-8-9-4-1-2-7-12(9)18-14(19)13-10(16)5-3-6-11(13)17/h1-7H,8H2,(H,18,19). The molecule has 1 N–H and O–H groups in total. The second kappa shape index (κ2) is 6.30. The molecule has 0 fully saturated rings. The Morgan fingerprint density at radius 1 is 1.16 bits per heavy atom. The van der Waals surface area contributed by atoms with Crippen molar-refractivity contribution in [1.29, 1.82) is 0 Å². The van der Waals surface area contributed by atoms with Crippen LogP contribution in [0.5, 0.6) is 0 Å². The second-order valence-corrected chi connectivity index (χ2v) is 5.26. The van der Waals surface area contributed by atoms with Crippen molar-refractivity contribution in [1.82, 2.24) is 0 Å². The van der Waals surface area contributed by atoms with Crippen LogP contribution in [0.15, 0.2) is 46.9 Å². The molecule has 0 spiro atoms. The van der Waals surface area contributed by atoms with Crippen molar-refractivity contribution < 1.29 is 9.18 Å². The fourth-order valence-corrected chi connectivity index (χ4v) is 2.67. The number of amides is 1. The van der Waals surface area contributed by atoms with Crippen molar-refractivity contribution in [2.75, 3.05) is 5.32 Å². The van der Waals surface area contributed by atoms with E-state index in [0.717, 1.165) is 5.56 Å². The highest BCUT2D eigenvalue weighted by molar-refractivity contribution is 9.10. The SMILES string of the molecule is O=C(Nc1ccccc1CBr)c1c(F)cccc1Br. The van der Waals surface area contributed by atoms with E-state index in [1.54, 1.807) is 18.2 Å². The van der Waals surface area contributed by atoms with Gasteiger partial charge in [-0.25, -0.2) is 4.39 Å². The first-order chi connectivity index (χ1) is 9.13. The maximum absolute atomic E-state index is 13.7. The Bertz CT molecular complexity index is 596. The molecule has 0 aliphatic rings. The highest BCUT2D eigenvalue weighted by Crippen LogP contribution is 2.23. The van der Waals surface area contributed by atoms with Crippen molar-refractivity contribution in [3.8, 4) is 0 Å². The van der Waals surface area contributed by atoms with Crippen molar-refractivity contribution in [3.63, 3.8) is 0 Å². The van der Waals surface area contributed by atoms with Gasteiger partial charge < -0.3 is 5.32 Å². The Morgan fingerprint density at radius 3 is 2.58 bits per heavy atom. The number of benzene rings is 2. The number of hydrogen-bond acceptors (Lipinski definition) is 1. The van der Waals surface area contributed by atoms with Crippen LogP contribution < -0.4 is 5.32 Å². The summed E-state index contributed by atoms with van der Waals surface area (Å²) in [6.45, 7) is 0. The average molecular weight is 387 g/mol. The maximum Gasteiger partial charge on any atom is 0.259 e. The molecule has 0 aromatic heterocycles. The molecule has 1 amide bonds. The van der Waals surface area contributed by atoms with Crippen molar-refractivity contribution in [2.24, 2.45) is 0 Å². The van der Waals surface area contributed by atoms with Crippen LogP contribution in [0.4, 0.5) is 10.1 Å². The molecule has 0 saturated carbocycles. The van der Waals surface area contributed by atoms with Gasteiger partial charge in [0.25, 0.3) is 5.91 Å². The number of alkyl halides is 1. The molecule has 0 unspecified atom stereocenters. The zero-order valence-corrected chi connectivity index (χ0v) is 13.0. The summed E-state index contributed by atoms with van der Waals surface area (Å²) in [6.07, 6.45) is 0. The Hall–Kier alpha value is -1.20. The predicted octanol–water partition coefficient (Wildman–Crippen LogP) is 4.74. The van der Waals surface area contributed by atoms with Gasteiger partial charge in [-0.3, -0.25) is 4.79 Å². The molecular formula is C14H10Br2FNO. The number of rotatable bonds is 3. The number of nitrogens with one attached hydrogen (secondary N) is 1. The van der Waals surface area contributed by atoms with Gasteiger partial charge in [-0.05, 0) is 39.7 Å². The van der Waals surface area contributed by atoms with E-state index in [1.807, 2.05) is 18.2 Å². The van der Waals surface area contributed by atoms with Crippen molar-refractivity contribution in [2.45, 2.75) is 5.33 Å². The highest BCUT2D eigenvalue weighted by Gasteiger charge is 2.16. The molecule has 0 bridgehead atoms. The lowest BCUT2D eigenvalue weighted by atomic mass is 10.1. The molecule has 2 rings (SSSR count). The molecule has 0 atom stereocenters. The lowest BCUT2D eigenvalue weighted by molar-refractivity contribution is 0.102. The number of para-hydroxylation sites is 1. The lowest BCUT2D eigenvalue weighted by Crippen LogP contribution is -2.15. The van der Waals surface area contributed by atoms with Gasteiger partial charge >= 0.3 is 0 Å². The van der Waals surface area contributed by atoms with Crippen LogP contribution >= 0.6 is 31.9 Å². The van der Waals surface area contributed by atoms with E-state index in [0.29, 0.717) is 15.5 Å². The molecule has 2 aromatic rings. The largest absolute Gasteiger partial charge is 0.322 e. The van der Waals surface area contributed by atoms with Crippen LogP contribution in [0.3, 0.4) is 0 Å². The fraction of sp³-hybridized carbons (Fsp3) is 0.0714. The van der Waals surface area contributed by atoms with Gasteiger partial charge in [0.15, 0.2) is 0 Å². The molecule has 0 radical (unpaired) electrons. The van der Waals surface area contributed by atoms with Crippen molar-refractivity contribution in [3.05, 3.63) is 63.9 Å². The van der Waals surface area contributed by atoms with E-state index in [2.05, 4.69) is 37.2 Å². The number of anilines is 1. The Labute approximate surface area is 127 Å². The van der Waals surface area contributed by atoms with E-state index in [1.165, 1.54) is 6.07 Å². The minimum Gasteiger partial charge on any atom is -0.322 e. The summed E-state index contributed by atoms with van der Waals surface area (Å²) in [5.41, 5.74) is 1.61. The summed E-state index contributed by atoms with van der Waals surface area (Å²) in [5.74, 6) is -1.03. The molecule has 2 nitrogen and oxygen atoms in total. The topological polar surface area (TPSA) is 29.1 Å². The summed E-state index contributed by atoms with van der Waals surface area (Å²) in [4.78, 5) is 12.1.